The maximum atomic E-state index is 15.3. The third-order valence-corrected chi connectivity index (χ3v) is 28.6. The second kappa shape index (κ2) is 38.1. The number of nitriles is 4. The van der Waals surface area contributed by atoms with Gasteiger partial charge in [0.1, 0.15) is 35.4 Å². The van der Waals surface area contributed by atoms with E-state index in [1.807, 2.05) is 24.3 Å². The number of ketones is 2. The van der Waals surface area contributed by atoms with Gasteiger partial charge in [-0.05, 0) is 179 Å². The van der Waals surface area contributed by atoms with E-state index in [0.717, 1.165) is 161 Å². The number of unbranched alkanes of at least 4 members (excludes halogenated alkanes) is 12. The van der Waals surface area contributed by atoms with Crippen LogP contribution in [0.3, 0.4) is 0 Å². The molecule has 0 fully saturated rings. The molecule has 0 atom stereocenters. The van der Waals surface area contributed by atoms with Gasteiger partial charge in [-0.15, -0.1) is 69.7 Å². The fraction of sp³-hybridized carbons (Fsp3) is 0.292. The van der Waals surface area contributed by atoms with Gasteiger partial charge < -0.3 is 0 Å². The Labute approximate surface area is 681 Å². The summed E-state index contributed by atoms with van der Waals surface area (Å²) in [6.07, 6.45) is 26.0. The topological polar surface area (TPSA) is 129 Å². The van der Waals surface area contributed by atoms with E-state index in [-0.39, 0.29) is 44.5 Å². The summed E-state index contributed by atoms with van der Waals surface area (Å²) in [5, 5.41) is 41.8. The van der Waals surface area contributed by atoms with Crippen LogP contribution < -0.4 is 0 Å². The van der Waals surface area contributed by atoms with Gasteiger partial charge in [-0.2, -0.15) is 21.0 Å². The molecule has 2 aromatic heterocycles. The Balaban J connectivity index is 1.02. The van der Waals surface area contributed by atoms with Crippen molar-refractivity contribution in [2.24, 2.45) is 0 Å². The zero-order valence-electron chi connectivity index (χ0n) is 63.5. The molecule has 0 saturated heterocycles. The number of carbonyl (C=O) groups is 2. The van der Waals surface area contributed by atoms with E-state index in [0.29, 0.717) is 32.8 Å². The molecule has 0 radical (unpaired) electrons. The smallest absolute Gasteiger partial charge is 0.194 e. The molecular weight excluding hydrogens is 1510 g/mol. The highest BCUT2D eigenvalue weighted by molar-refractivity contribution is 8.22. The summed E-state index contributed by atoms with van der Waals surface area (Å²) in [5.41, 5.74) is 16.0. The molecule has 13 rings (SSSR count). The van der Waals surface area contributed by atoms with Crippen molar-refractivity contribution in [1.82, 2.24) is 0 Å². The number of hydrogen-bond donors (Lipinski definition) is 0. The number of halogens is 4. The summed E-state index contributed by atoms with van der Waals surface area (Å²) >= 11 is 9.96. The number of thioether (sulfide) groups is 4. The molecule has 0 spiro atoms. The molecule has 16 heteroatoms. The van der Waals surface area contributed by atoms with Gasteiger partial charge in [0.05, 0.1) is 0 Å². The molecule has 0 bridgehead atoms. The molecule has 0 amide bonds. The second-order valence-electron chi connectivity index (χ2n) is 29.1. The SMILES string of the molecule is CCCCCCc1ccc(CSC(SCc2ccc(CCCCCC)cc2)=C2c3cc4c(cc3-c3sc(/C=C5\C(=O)c6cc(F)c(F)cc6C5=C(C#N)C#N)cc32)C(=C(SCc2ccc(CCCCCC)cc2)SCc2ccc(CCCCCC)cc2)c2cc(/C=C3\C(=O)c5cc(F)c(F)cc5C3=C(C#N)C#N)sc2-4)cc1. The number of allylic oxidation sites excluding steroid dienone is 6. The van der Waals surface area contributed by atoms with Gasteiger partial charge in [-0.3, -0.25) is 9.59 Å². The number of hydrogen-bond acceptors (Lipinski definition) is 12. The lowest BCUT2D eigenvalue weighted by atomic mass is 9.98. The van der Waals surface area contributed by atoms with Gasteiger partial charge in [0, 0.05) is 118 Å². The molecule has 0 unspecified atom stereocenters. The number of Topliss-reactive ketones (excluding diaryl/α,β-unsaturated/α-hetero) is 2. The minimum Gasteiger partial charge on any atom is -0.289 e. The van der Waals surface area contributed by atoms with Gasteiger partial charge in [-0.1, -0.05) is 202 Å². The monoisotopic (exact) mass is 1590 g/mol. The molecule has 4 aliphatic carbocycles. The first-order valence-electron chi connectivity index (χ1n) is 39.1. The lowest BCUT2D eigenvalue weighted by Gasteiger charge is -2.16. The summed E-state index contributed by atoms with van der Waals surface area (Å²) in [7, 11) is 0. The highest BCUT2D eigenvalue weighted by Crippen LogP contribution is 2.61. The Hall–Kier alpha value is -9.20. The summed E-state index contributed by atoms with van der Waals surface area (Å²) in [4.78, 5) is 32.5. The van der Waals surface area contributed by atoms with Crippen molar-refractivity contribution in [2.45, 2.75) is 179 Å². The van der Waals surface area contributed by atoms with Crippen molar-refractivity contribution >= 4 is 116 Å². The van der Waals surface area contributed by atoms with E-state index in [1.165, 1.54) is 122 Å². The molecule has 7 aromatic carbocycles. The van der Waals surface area contributed by atoms with Crippen LogP contribution in [0, 0.1) is 68.6 Å². The van der Waals surface area contributed by atoms with Crippen molar-refractivity contribution in [3.05, 3.63) is 298 Å². The number of nitrogens with zero attached hydrogens (tertiary/aromatic N) is 4. The first kappa shape index (κ1) is 80.8. The van der Waals surface area contributed by atoms with Crippen LogP contribution in [0.25, 0.3) is 55.3 Å². The fourth-order valence-corrected chi connectivity index (χ4v) is 22.2. The number of carbonyl (C=O) groups excluding carboxylic acids is 2. The van der Waals surface area contributed by atoms with Gasteiger partial charge >= 0.3 is 0 Å². The zero-order valence-corrected chi connectivity index (χ0v) is 68.4. The fourth-order valence-electron chi connectivity index (χ4n) is 15.1. The third kappa shape index (κ3) is 18.2. The molecular formula is C96H86F4N4O2S6. The van der Waals surface area contributed by atoms with Crippen molar-refractivity contribution in [3.63, 3.8) is 0 Å². The van der Waals surface area contributed by atoms with Crippen LogP contribution in [0.2, 0.25) is 0 Å². The lowest BCUT2D eigenvalue weighted by Crippen LogP contribution is -1.97. The predicted octanol–water partition coefficient (Wildman–Crippen LogP) is 28.1. The second-order valence-corrected chi connectivity index (χ2v) is 35.7. The van der Waals surface area contributed by atoms with Crippen LogP contribution in [0.1, 0.15) is 239 Å². The van der Waals surface area contributed by atoms with Crippen molar-refractivity contribution < 1.29 is 27.2 Å². The number of thiophene rings is 2. The van der Waals surface area contributed by atoms with E-state index in [1.54, 1.807) is 59.2 Å². The Morgan fingerprint density at radius 3 is 0.848 bits per heavy atom. The minimum absolute atomic E-state index is 0.0201. The van der Waals surface area contributed by atoms with Crippen LogP contribution in [-0.4, -0.2) is 11.6 Å². The number of benzene rings is 7. The molecule has 0 saturated carbocycles. The van der Waals surface area contributed by atoms with E-state index in [4.69, 9.17) is 0 Å². The zero-order chi connectivity index (χ0) is 78.4. The lowest BCUT2D eigenvalue weighted by molar-refractivity contribution is 0.103. The van der Waals surface area contributed by atoms with Crippen LogP contribution in [-0.2, 0) is 48.7 Å². The van der Waals surface area contributed by atoms with Crippen LogP contribution in [0.5, 0.6) is 0 Å². The quantitative estimate of drug-likeness (QED) is 0.0166. The van der Waals surface area contributed by atoms with E-state index in [2.05, 4.69) is 149 Å². The maximum Gasteiger partial charge on any atom is 0.194 e. The summed E-state index contributed by atoms with van der Waals surface area (Å²) in [5.74, 6) is -3.62. The first-order valence-corrected chi connectivity index (χ1v) is 44.6. The van der Waals surface area contributed by atoms with Crippen molar-refractivity contribution in [1.29, 1.82) is 21.0 Å². The van der Waals surface area contributed by atoms with Crippen LogP contribution in [0.15, 0.2) is 176 Å². The standard InChI is InChI=1S/C96H86F4N4O2S6/c1-5-9-13-17-21-59-25-33-63(34-26-59)55-107-95(108-56-64-35-27-60(28-36-64)22-18-14-10-6-2)89-71-45-78-72(46-77(71)93-81(89)43-69(111-93)41-79-87(67(51-101)52-102)73-47-83(97)85(99)49-75(73)91(79)105)90(82-44-70(112-94(78)82)42-80-88(68(53-103)54-104)74-48-84(98)86(100)50-76(74)92(80)106)96(109-57-65-37-29-61(30-38-65)23-19-15-11-7-3)110-58-66-39-31-62(32-40-66)24-20-16-12-8-4/h25-50H,5-24,55-58H2,1-4H3/b79-41-,80-42-. The molecule has 112 heavy (non-hydrogen) atoms. The largest absolute Gasteiger partial charge is 0.289 e. The Morgan fingerprint density at radius 1 is 0.321 bits per heavy atom. The van der Waals surface area contributed by atoms with Gasteiger partial charge in [-0.25, -0.2) is 17.6 Å². The molecule has 9 aromatic rings. The summed E-state index contributed by atoms with van der Waals surface area (Å²) in [6, 6.07) is 55.7. The Morgan fingerprint density at radius 2 is 0.580 bits per heavy atom. The predicted molar refractivity (Wildman–Crippen MR) is 461 cm³/mol. The average Bonchev–Trinajstić information content (AvgIpc) is 1.54. The van der Waals surface area contributed by atoms with Gasteiger partial charge in [0.15, 0.2) is 34.8 Å². The molecule has 0 aliphatic heterocycles. The maximum absolute atomic E-state index is 15.3. The number of rotatable bonds is 34. The average molecular weight is 1600 g/mol. The summed E-state index contributed by atoms with van der Waals surface area (Å²) < 4.78 is 63.0. The molecule has 4 aliphatic rings. The Kier molecular flexibility index (Phi) is 27.5. The van der Waals surface area contributed by atoms with Crippen LogP contribution in [0.4, 0.5) is 17.6 Å². The normalized spacial score (nSPS) is 13.6. The molecule has 566 valence electrons. The van der Waals surface area contributed by atoms with Crippen molar-refractivity contribution in [2.75, 3.05) is 0 Å². The van der Waals surface area contributed by atoms with Crippen molar-refractivity contribution in [3.8, 4) is 45.2 Å². The Bertz CT molecular complexity index is 4980. The molecule has 0 N–H and O–H groups in total. The van der Waals surface area contributed by atoms with E-state index < -0.39 is 46.0 Å². The summed E-state index contributed by atoms with van der Waals surface area (Å²) in [6.45, 7) is 8.89. The minimum atomic E-state index is -1.22. The highest BCUT2D eigenvalue weighted by Gasteiger charge is 2.40. The first-order chi connectivity index (χ1) is 54.6. The molecule has 6 nitrogen and oxygen atoms in total. The number of fused-ring (bicyclic) bond motifs is 8. The van der Waals surface area contributed by atoms with Crippen LogP contribution >= 0.6 is 69.7 Å². The number of aryl methyl sites for hydroxylation is 4. The molecule has 2 heterocycles. The van der Waals surface area contributed by atoms with Gasteiger partial charge in [0.25, 0.3) is 0 Å². The third-order valence-electron chi connectivity index (χ3n) is 21.2. The highest BCUT2D eigenvalue weighted by atomic mass is 32.2. The van der Waals surface area contributed by atoms with E-state index in [9.17, 15) is 30.6 Å². The van der Waals surface area contributed by atoms with E-state index >= 15 is 17.6 Å². The van der Waals surface area contributed by atoms with Gasteiger partial charge in [0.2, 0.25) is 0 Å².